The molecule has 7 heteroatoms. The number of hydrogen-bond donors (Lipinski definition) is 2. The Morgan fingerprint density at radius 3 is 2.62 bits per heavy atom. The van der Waals surface area contributed by atoms with Crippen molar-refractivity contribution >= 4 is 22.9 Å². The van der Waals surface area contributed by atoms with Gasteiger partial charge >= 0.3 is 0 Å². The average Bonchev–Trinajstić information content (AvgIpc) is 3.31. The summed E-state index contributed by atoms with van der Waals surface area (Å²) in [5.41, 5.74) is 2.99. The molecule has 0 bridgehead atoms. The van der Waals surface area contributed by atoms with Crippen molar-refractivity contribution in [3.63, 3.8) is 0 Å². The third-order valence-electron chi connectivity index (χ3n) is 6.29. The maximum atomic E-state index is 14.6. The number of carbonyl (C=O) groups excluding carboxylic acids is 1. The van der Waals surface area contributed by atoms with Crippen LogP contribution in [0.2, 0.25) is 0 Å². The number of nitriles is 1. The molecule has 2 heterocycles. The van der Waals surface area contributed by atoms with Gasteiger partial charge < -0.3 is 15.4 Å². The third kappa shape index (κ3) is 5.18. The number of ether oxygens (including phenoxy) is 1. The average molecular weight is 461 g/mol. The first-order valence-corrected chi connectivity index (χ1v) is 11.7. The highest BCUT2D eigenvalue weighted by Crippen LogP contribution is 2.36. The Labute approximate surface area is 199 Å². The zero-order chi connectivity index (χ0) is 24.1. The van der Waals surface area contributed by atoms with Gasteiger partial charge in [0.2, 0.25) is 0 Å². The van der Waals surface area contributed by atoms with Gasteiger partial charge in [0.05, 0.1) is 17.9 Å². The number of benzene rings is 2. The second kappa shape index (κ2) is 10.6. The Morgan fingerprint density at radius 2 is 1.97 bits per heavy atom. The maximum absolute atomic E-state index is 14.6. The molecule has 0 aliphatic carbocycles. The number of hydrogen-bond acceptors (Lipinski definition) is 5. The summed E-state index contributed by atoms with van der Waals surface area (Å²) in [4.78, 5) is 17.8. The minimum absolute atomic E-state index is 0.0210. The zero-order valence-corrected chi connectivity index (χ0v) is 19.5. The van der Waals surface area contributed by atoms with Crippen LogP contribution < -0.4 is 15.4 Å². The van der Waals surface area contributed by atoms with Gasteiger partial charge in [-0.25, -0.2) is 4.39 Å². The van der Waals surface area contributed by atoms with Crippen LogP contribution in [0.25, 0.3) is 11.3 Å². The summed E-state index contributed by atoms with van der Waals surface area (Å²) in [5.74, 6) is 0.667. The molecule has 2 aromatic rings. The topological polar surface area (TPSA) is 86.5 Å². The van der Waals surface area contributed by atoms with E-state index in [4.69, 9.17) is 10.00 Å². The van der Waals surface area contributed by atoms with E-state index in [1.54, 1.807) is 6.07 Å². The predicted molar refractivity (Wildman–Crippen MR) is 131 cm³/mol. The van der Waals surface area contributed by atoms with Gasteiger partial charge in [0.15, 0.2) is 11.6 Å². The van der Waals surface area contributed by atoms with Crippen molar-refractivity contribution in [2.75, 3.05) is 26.2 Å². The van der Waals surface area contributed by atoms with E-state index >= 15 is 0 Å². The maximum Gasteiger partial charge on any atom is 0.198 e. The largest absolute Gasteiger partial charge is 0.494 e. The summed E-state index contributed by atoms with van der Waals surface area (Å²) < 4.78 is 20.2. The molecule has 0 saturated carbocycles. The molecule has 0 amide bonds. The molecule has 1 fully saturated rings. The molecule has 34 heavy (non-hydrogen) atoms. The lowest BCUT2D eigenvalue weighted by molar-refractivity contribution is -0.113. The van der Waals surface area contributed by atoms with Gasteiger partial charge in [-0.05, 0) is 73.7 Å². The molecule has 1 saturated heterocycles. The Bertz CT molecular complexity index is 1160. The van der Waals surface area contributed by atoms with Gasteiger partial charge in [-0.15, -0.1) is 0 Å². The molecule has 0 aromatic heterocycles. The lowest BCUT2D eigenvalue weighted by Gasteiger charge is -2.19. The Balaban J connectivity index is 1.80. The number of amidine groups is 1. The molecule has 6 nitrogen and oxygen atoms in total. The minimum Gasteiger partial charge on any atom is -0.494 e. The summed E-state index contributed by atoms with van der Waals surface area (Å²) >= 11 is 0. The van der Waals surface area contributed by atoms with Crippen molar-refractivity contribution < 1.29 is 13.9 Å². The standard InChI is InChI=1S/C27H29FN4O2/c1-3-34-22-8-6-19(7-9-22)25-17(2)12-24(33)27(31-16-18-10-11-30-15-18)32-26(25)20-4-5-21(14-29)23(28)13-20/h4-9,13,17-18,30H,3,10-12,15-16H2,1-2H3,(H,31,32)/t17?,18-/m0/s1. The van der Waals surface area contributed by atoms with Crippen molar-refractivity contribution in [3.8, 4) is 11.8 Å². The summed E-state index contributed by atoms with van der Waals surface area (Å²) in [6, 6.07) is 14.1. The quantitative estimate of drug-likeness (QED) is 0.676. The fraction of sp³-hybridized carbons (Fsp3) is 0.370. The van der Waals surface area contributed by atoms with Gasteiger partial charge in [-0.3, -0.25) is 9.79 Å². The van der Waals surface area contributed by atoms with Crippen LogP contribution in [0.15, 0.2) is 47.5 Å². The number of allylic oxidation sites excluding steroid dienone is 1. The number of rotatable bonds is 6. The van der Waals surface area contributed by atoms with Gasteiger partial charge in [-0.1, -0.05) is 25.1 Å². The lowest BCUT2D eigenvalue weighted by atomic mass is 9.87. The van der Waals surface area contributed by atoms with Crippen molar-refractivity contribution in [3.05, 3.63) is 65.0 Å². The van der Waals surface area contributed by atoms with Gasteiger partial charge in [0, 0.05) is 18.5 Å². The number of carbonyl (C=O) groups is 1. The highest BCUT2D eigenvalue weighted by atomic mass is 19.1. The van der Waals surface area contributed by atoms with E-state index in [2.05, 4.69) is 15.6 Å². The number of Topliss-reactive ketones (excluding diaryl/α,β-unsaturated/α-hetero) is 1. The molecule has 0 spiro atoms. The van der Waals surface area contributed by atoms with E-state index in [1.807, 2.05) is 44.2 Å². The second-order valence-corrected chi connectivity index (χ2v) is 8.75. The van der Waals surface area contributed by atoms with Gasteiger partial charge in [-0.2, -0.15) is 5.26 Å². The van der Waals surface area contributed by atoms with Crippen LogP contribution in [-0.4, -0.2) is 37.9 Å². The van der Waals surface area contributed by atoms with Crippen molar-refractivity contribution in [2.45, 2.75) is 26.7 Å². The van der Waals surface area contributed by atoms with Crippen LogP contribution in [0.3, 0.4) is 0 Å². The molecule has 176 valence electrons. The monoisotopic (exact) mass is 460 g/mol. The third-order valence-corrected chi connectivity index (χ3v) is 6.29. The minimum atomic E-state index is -0.598. The van der Waals surface area contributed by atoms with Crippen molar-refractivity contribution in [2.24, 2.45) is 16.8 Å². The number of ketones is 1. The number of nitrogens with zero attached hydrogens (tertiary/aromatic N) is 2. The van der Waals surface area contributed by atoms with Crippen LogP contribution in [0.4, 0.5) is 4.39 Å². The molecule has 2 aliphatic rings. The normalized spacial score (nSPS) is 21.8. The highest BCUT2D eigenvalue weighted by molar-refractivity contribution is 6.41. The fourth-order valence-electron chi connectivity index (χ4n) is 4.51. The Morgan fingerprint density at radius 1 is 1.21 bits per heavy atom. The summed E-state index contributed by atoms with van der Waals surface area (Å²) in [7, 11) is 0. The zero-order valence-electron chi connectivity index (χ0n) is 19.5. The fourth-order valence-corrected chi connectivity index (χ4v) is 4.51. The number of aliphatic imine (C=N–C) groups is 1. The lowest BCUT2D eigenvalue weighted by Crippen LogP contribution is -2.30. The molecular formula is C27H29FN4O2. The van der Waals surface area contributed by atoms with Gasteiger partial charge in [0.1, 0.15) is 17.6 Å². The predicted octanol–water partition coefficient (Wildman–Crippen LogP) is 4.17. The molecule has 2 atom stereocenters. The van der Waals surface area contributed by atoms with Crippen LogP contribution in [0.1, 0.15) is 43.4 Å². The molecule has 0 radical (unpaired) electrons. The van der Waals surface area contributed by atoms with E-state index in [1.165, 1.54) is 12.1 Å². The molecule has 2 aliphatic heterocycles. The van der Waals surface area contributed by atoms with Crippen LogP contribution in [0, 0.1) is 29.0 Å². The molecule has 2 N–H and O–H groups in total. The smallest absolute Gasteiger partial charge is 0.198 e. The molecule has 4 rings (SSSR count). The molecule has 2 aromatic carbocycles. The first-order chi connectivity index (χ1) is 16.5. The van der Waals surface area contributed by atoms with E-state index in [-0.39, 0.29) is 17.3 Å². The van der Waals surface area contributed by atoms with E-state index < -0.39 is 5.82 Å². The van der Waals surface area contributed by atoms with Crippen molar-refractivity contribution in [1.82, 2.24) is 10.6 Å². The van der Waals surface area contributed by atoms with Crippen LogP contribution >= 0.6 is 0 Å². The van der Waals surface area contributed by atoms with E-state index in [0.29, 0.717) is 42.6 Å². The summed E-state index contributed by atoms with van der Waals surface area (Å²) in [5, 5.41) is 15.7. The van der Waals surface area contributed by atoms with Crippen LogP contribution in [0.5, 0.6) is 5.75 Å². The molecule has 1 unspecified atom stereocenters. The number of nitrogens with one attached hydrogen (secondary N) is 2. The second-order valence-electron chi connectivity index (χ2n) is 8.75. The van der Waals surface area contributed by atoms with Crippen molar-refractivity contribution in [1.29, 1.82) is 5.26 Å². The molecular weight excluding hydrogens is 431 g/mol. The SMILES string of the molecule is CCOc1ccc(C2=C(c3ccc(C#N)c(F)c3)NC(=NC[C@H]3CCNC3)C(=O)CC2C)cc1. The summed E-state index contributed by atoms with van der Waals surface area (Å²) in [6.45, 7) is 6.91. The van der Waals surface area contributed by atoms with E-state index in [9.17, 15) is 9.18 Å². The van der Waals surface area contributed by atoms with E-state index in [0.717, 1.165) is 36.4 Å². The first-order valence-electron chi connectivity index (χ1n) is 11.7. The van der Waals surface area contributed by atoms with Crippen LogP contribution in [-0.2, 0) is 4.79 Å². The Hall–Kier alpha value is -3.50. The summed E-state index contributed by atoms with van der Waals surface area (Å²) in [6.07, 6.45) is 1.32. The first kappa shape index (κ1) is 23.7. The number of halogens is 1. The Kier molecular flexibility index (Phi) is 7.39. The highest BCUT2D eigenvalue weighted by Gasteiger charge is 2.29. The van der Waals surface area contributed by atoms with Gasteiger partial charge in [0.25, 0.3) is 0 Å².